The predicted octanol–water partition coefficient (Wildman–Crippen LogP) is 2.16. The number of nitrogens with one attached hydrogen (secondary N) is 2. The van der Waals surface area contributed by atoms with E-state index in [9.17, 15) is 4.79 Å². The monoisotopic (exact) mass is 370 g/mol. The van der Waals surface area contributed by atoms with Crippen molar-refractivity contribution in [3.8, 4) is 0 Å². The number of hydrogen-bond donors (Lipinski definition) is 2. The Labute approximate surface area is 156 Å². The van der Waals surface area contributed by atoms with Crippen LogP contribution in [0, 0.1) is 0 Å². The molecule has 2 aliphatic rings. The highest BCUT2D eigenvalue weighted by molar-refractivity contribution is 7.14. The fourth-order valence-corrected chi connectivity index (χ4v) is 4.15. The average molecular weight is 370 g/mol. The van der Waals surface area contributed by atoms with Crippen molar-refractivity contribution >= 4 is 39.4 Å². The van der Waals surface area contributed by atoms with E-state index in [1.165, 1.54) is 11.3 Å². The first-order valence-corrected chi connectivity index (χ1v) is 9.72. The number of anilines is 3. The molecule has 8 heteroatoms. The highest BCUT2D eigenvalue weighted by Crippen LogP contribution is 2.31. The second kappa shape index (κ2) is 7.43. The summed E-state index contributed by atoms with van der Waals surface area (Å²) in [5, 5.41) is 9.42. The molecule has 2 aromatic heterocycles. The third kappa shape index (κ3) is 3.42. The second-order valence-corrected chi connectivity index (χ2v) is 7.23. The number of carbonyl (C=O) groups is 1. The van der Waals surface area contributed by atoms with Crippen LogP contribution in [0.15, 0.2) is 30.4 Å². The Balaban J connectivity index is 1.50. The van der Waals surface area contributed by atoms with Gasteiger partial charge in [0, 0.05) is 50.7 Å². The van der Waals surface area contributed by atoms with Gasteiger partial charge in [-0.15, -0.1) is 11.3 Å². The molecule has 1 amide bonds. The normalized spacial score (nSPS) is 17.6. The third-order valence-corrected chi connectivity index (χ3v) is 5.51. The van der Waals surface area contributed by atoms with Gasteiger partial charge in [0.2, 0.25) is 5.91 Å². The minimum Gasteiger partial charge on any atom is -0.367 e. The number of nitrogens with zero attached hydrogens (tertiary/aromatic N) is 4. The van der Waals surface area contributed by atoms with E-state index in [0.717, 1.165) is 61.3 Å². The molecule has 2 aromatic rings. The van der Waals surface area contributed by atoms with Crippen LogP contribution in [0.5, 0.6) is 0 Å². The molecule has 136 valence electrons. The number of carbonyl (C=O) groups excluding carboxylic acids is 1. The van der Waals surface area contributed by atoms with Crippen molar-refractivity contribution in [1.82, 2.24) is 15.3 Å². The Bertz CT molecular complexity index is 814. The third-order valence-electron chi connectivity index (χ3n) is 4.65. The van der Waals surface area contributed by atoms with Gasteiger partial charge in [-0.1, -0.05) is 6.58 Å². The van der Waals surface area contributed by atoms with Crippen LogP contribution < -0.4 is 20.4 Å². The lowest BCUT2D eigenvalue weighted by Crippen LogP contribution is -2.43. The molecule has 2 aliphatic heterocycles. The summed E-state index contributed by atoms with van der Waals surface area (Å²) in [5.41, 5.74) is 3.52. The Morgan fingerprint density at radius 1 is 1.31 bits per heavy atom. The lowest BCUT2D eigenvalue weighted by molar-refractivity contribution is -0.117. The highest BCUT2D eigenvalue weighted by Gasteiger charge is 2.24. The maximum Gasteiger partial charge on any atom is 0.228 e. The molecule has 0 unspecified atom stereocenters. The Morgan fingerprint density at radius 3 is 2.92 bits per heavy atom. The molecular formula is C18H22N6OS. The van der Waals surface area contributed by atoms with Crippen LogP contribution in [0.25, 0.3) is 5.70 Å². The van der Waals surface area contributed by atoms with Crippen molar-refractivity contribution < 1.29 is 4.79 Å². The Hall–Kier alpha value is -2.45. The first-order chi connectivity index (χ1) is 12.7. The fraction of sp³-hybridized carbons (Fsp3) is 0.389. The summed E-state index contributed by atoms with van der Waals surface area (Å²) in [6.07, 6.45) is 5.14. The predicted molar refractivity (Wildman–Crippen MR) is 106 cm³/mol. The summed E-state index contributed by atoms with van der Waals surface area (Å²) in [6, 6.07) is 2.02. The molecule has 7 nitrogen and oxygen atoms in total. The zero-order valence-corrected chi connectivity index (χ0v) is 15.4. The summed E-state index contributed by atoms with van der Waals surface area (Å²) in [7, 11) is 0. The van der Waals surface area contributed by atoms with E-state index >= 15 is 0 Å². The van der Waals surface area contributed by atoms with Crippen molar-refractivity contribution in [2.45, 2.75) is 12.8 Å². The summed E-state index contributed by atoms with van der Waals surface area (Å²) in [4.78, 5) is 24.8. The van der Waals surface area contributed by atoms with E-state index in [2.05, 4.69) is 32.1 Å². The molecule has 4 heterocycles. The van der Waals surface area contributed by atoms with Gasteiger partial charge >= 0.3 is 0 Å². The molecule has 2 N–H and O–H groups in total. The molecule has 0 bridgehead atoms. The van der Waals surface area contributed by atoms with E-state index in [0.29, 0.717) is 12.1 Å². The second-order valence-electron chi connectivity index (χ2n) is 6.40. The van der Waals surface area contributed by atoms with Crippen LogP contribution in [0.4, 0.5) is 16.5 Å². The van der Waals surface area contributed by atoms with Crippen LogP contribution in [0.1, 0.15) is 18.5 Å². The van der Waals surface area contributed by atoms with E-state index in [1.54, 1.807) is 4.90 Å². The summed E-state index contributed by atoms with van der Waals surface area (Å²) in [6.45, 7) is 8.76. The Morgan fingerprint density at radius 2 is 2.15 bits per heavy atom. The first kappa shape index (κ1) is 17.0. The standard InChI is InChI=1S/C18H22N6OS/c1-13(15-12-26-18(22-15)24-8-2-3-17(24)25)21-14-11-20-5-4-16(14)23-9-6-19-7-10-23/h4-5,11-12,19,21H,1-3,6-10H2. The molecule has 0 saturated carbocycles. The molecule has 2 fully saturated rings. The van der Waals surface area contributed by atoms with Crippen molar-refractivity contribution in [3.05, 3.63) is 36.1 Å². The molecular weight excluding hydrogens is 348 g/mol. The largest absolute Gasteiger partial charge is 0.367 e. The van der Waals surface area contributed by atoms with E-state index in [4.69, 9.17) is 0 Å². The number of rotatable bonds is 5. The highest BCUT2D eigenvalue weighted by atomic mass is 32.1. The molecule has 0 atom stereocenters. The van der Waals surface area contributed by atoms with Gasteiger partial charge in [-0.25, -0.2) is 4.98 Å². The minimum atomic E-state index is 0.151. The van der Waals surface area contributed by atoms with Gasteiger partial charge in [0.05, 0.1) is 29.0 Å². The zero-order valence-electron chi connectivity index (χ0n) is 14.6. The van der Waals surface area contributed by atoms with Crippen LogP contribution >= 0.6 is 11.3 Å². The number of piperazine rings is 1. The van der Waals surface area contributed by atoms with Crippen molar-refractivity contribution in [1.29, 1.82) is 0 Å². The molecule has 0 radical (unpaired) electrons. The maximum atomic E-state index is 11.9. The molecule has 2 saturated heterocycles. The number of aromatic nitrogens is 2. The zero-order chi connectivity index (χ0) is 17.9. The van der Waals surface area contributed by atoms with Crippen molar-refractivity contribution in [2.24, 2.45) is 0 Å². The Kier molecular flexibility index (Phi) is 4.85. The first-order valence-electron chi connectivity index (χ1n) is 8.84. The number of hydrogen-bond acceptors (Lipinski definition) is 7. The number of thiazole rings is 1. The van der Waals surface area contributed by atoms with Crippen molar-refractivity contribution in [2.75, 3.05) is 47.8 Å². The quantitative estimate of drug-likeness (QED) is 0.840. The van der Waals surface area contributed by atoms with E-state index < -0.39 is 0 Å². The van der Waals surface area contributed by atoms with Crippen molar-refractivity contribution in [3.63, 3.8) is 0 Å². The van der Waals surface area contributed by atoms with Gasteiger partial charge in [0.1, 0.15) is 0 Å². The minimum absolute atomic E-state index is 0.151. The molecule has 4 rings (SSSR count). The summed E-state index contributed by atoms with van der Waals surface area (Å²) in [5.74, 6) is 0.151. The van der Waals surface area contributed by atoms with Gasteiger partial charge in [0.15, 0.2) is 5.13 Å². The molecule has 0 aliphatic carbocycles. The maximum absolute atomic E-state index is 11.9. The molecule has 26 heavy (non-hydrogen) atoms. The fourth-order valence-electron chi connectivity index (χ4n) is 3.27. The summed E-state index contributed by atoms with van der Waals surface area (Å²) >= 11 is 1.48. The van der Waals surface area contributed by atoms with Gasteiger partial charge in [0.25, 0.3) is 0 Å². The van der Waals surface area contributed by atoms with Crippen LogP contribution in [0.3, 0.4) is 0 Å². The topological polar surface area (TPSA) is 73.4 Å². The molecule has 0 aromatic carbocycles. The number of amides is 1. The lowest BCUT2D eigenvalue weighted by Gasteiger charge is -2.31. The van der Waals surface area contributed by atoms with Crippen LogP contribution in [0.2, 0.25) is 0 Å². The van der Waals surface area contributed by atoms with E-state index in [-0.39, 0.29) is 5.91 Å². The van der Waals surface area contributed by atoms with Crippen LogP contribution in [-0.4, -0.2) is 48.6 Å². The van der Waals surface area contributed by atoms with Gasteiger partial charge in [-0.05, 0) is 12.5 Å². The SMILES string of the molecule is C=C(Nc1cnccc1N1CCNCC1)c1csc(N2CCCC2=O)n1. The average Bonchev–Trinajstić information content (AvgIpc) is 3.32. The van der Waals surface area contributed by atoms with E-state index in [1.807, 2.05) is 23.8 Å². The van der Waals surface area contributed by atoms with Gasteiger partial charge in [-0.3, -0.25) is 14.7 Å². The number of pyridine rings is 1. The molecule has 0 spiro atoms. The lowest BCUT2D eigenvalue weighted by atomic mass is 10.2. The summed E-state index contributed by atoms with van der Waals surface area (Å²) < 4.78 is 0. The van der Waals surface area contributed by atoms with Gasteiger partial charge in [-0.2, -0.15) is 0 Å². The smallest absolute Gasteiger partial charge is 0.228 e. The van der Waals surface area contributed by atoms with Gasteiger partial charge < -0.3 is 15.5 Å². The van der Waals surface area contributed by atoms with Crippen LogP contribution in [-0.2, 0) is 4.79 Å².